The Bertz CT molecular complexity index is 962. The van der Waals surface area contributed by atoms with Gasteiger partial charge in [0.1, 0.15) is 0 Å². The fourth-order valence-electron chi connectivity index (χ4n) is 10.8. The van der Waals surface area contributed by atoms with Crippen molar-refractivity contribution in [3.05, 3.63) is 0 Å². The molecule has 0 bridgehead atoms. The van der Waals surface area contributed by atoms with Gasteiger partial charge in [0.25, 0.3) is 0 Å². The van der Waals surface area contributed by atoms with Crippen molar-refractivity contribution in [3.63, 3.8) is 0 Å². The minimum absolute atomic E-state index is 0.155. The second-order valence-electron chi connectivity index (χ2n) is 15.1. The zero-order valence-corrected chi connectivity index (χ0v) is 25.3. The highest BCUT2D eigenvalue weighted by Gasteiger charge is 2.77. The van der Waals surface area contributed by atoms with Crippen molar-refractivity contribution < 1.29 is 19.7 Å². The maximum absolute atomic E-state index is 12.6. The molecule has 0 radical (unpaired) electrons. The fourth-order valence-corrected chi connectivity index (χ4v) is 10.8. The number of carbonyl (C=O) groups is 1. The Morgan fingerprint density at radius 1 is 0.950 bits per heavy atom. The van der Waals surface area contributed by atoms with Gasteiger partial charge in [-0.05, 0) is 100 Å². The number of carbonyl (C=O) groups excluding carboxylic acids is 1. The van der Waals surface area contributed by atoms with Crippen molar-refractivity contribution in [2.45, 2.75) is 133 Å². The van der Waals surface area contributed by atoms with Crippen LogP contribution in [0.25, 0.3) is 0 Å². The summed E-state index contributed by atoms with van der Waals surface area (Å²) in [7, 11) is 0. The third-order valence-electron chi connectivity index (χ3n) is 13.8. The van der Waals surface area contributed by atoms with Crippen LogP contribution in [0.2, 0.25) is 0 Å². The molecular weight excluding hydrogens is 506 g/mol. The molecule has 1 amide bonds. The van der Waals surface area contributed by atoms with E-state index in [9.17, 15) is 15.0 Å². The van der Waals surface area contributed by atoms with Crippen LogP contribution in [-0.4, -0.2) is 75.8 Å². The Hall–Kier alpha value is -0.970. The van der Waals surface area contributed by atoms with E-state index in [1.807, 2.05) is 0 Å². The van der Waals surface area contributed by atoms with Crippen LogP contribution in [0.3, 0.4) is 0 Å². The molecule has 4 aliphatic carbocycles. The van der Waals surface area contributed by atoms with Gasteiger partial charge in [0, 0.05) is 47.3 Å². The lowest BCUT2D eigenvalue weighted by Gasteiger charge is -2.75. The van der Waals surface area contributed by atoms with E-state index in [2.05, 4.69) is 20.8 Å². The lowest BCUT2D eigenvalue weighted by atomic mass is 9.34. The molecule has 5 unspecified atom stereocenters. The normalized spacial score (nSPS) is 49.2. The molecule has 4 saturated carbocycles. The molecule has 1 heterocycles. The van der Waals surface area contributed by atoms with E-state index in [0.29, 0.717) is 26.1 Å². The number of aliphatic hydroxyl groups excluding tert-OH is 2. The lowest BCUT2D eigenvalue weighted by molar-refractivity contribution is -0.189. The Balaban J connectivity index is 1.29. The number of ether oxygens (including phenoxy) is 1. The highest BCUT2D eigenvalue weighted by molar-refractivity contribution is 5.67. The molecule has 5 aliphatic rings. The first kappa shape index (κ1) is 30.5. The summed E-state index contributed by atoms with van der Waals surface area (Å²) in [6, 6.07) is 0. The second-order valence-corrected chi connectivity index (χ2v) is 15.1. The number of nitrogens with zero attached hydrogens (tertiary/aromatic N) is 1. The zero-order valence-electron chi connectivity index (χ0n) is 25.3. The quantitative estimate of drug-likeness (QED) is 0.267. The molecule has 5 rings (SSSR count). The van der Waals surface area contributed by atoms with Crippen LogP contribution in [-0.2, 0) is 4.74 Å². The molecule has 5 fully saturated rings. The summed E-state index contributed by atoms with van der Waals surface area (Å²) < 4.78 is 5.66. The first-order valence-corrected chi connectivity index (χ1v) is 16.1. The van der Waals surface area contributed by atoms with Crippen molar-refractivity contribution in [1.29, 1.82) is 0 Å². The molecule has 0 aromatic carbocycles. The first-order valence-electron chi connectivity index (χ1n) is 16.1. The highest BCUT2D eigenvalue weighted by Crippen LogP contribution is 2.71. The van der Waals surface area contributed by atoms with Gasteiger partial charge >= 0.3 is 6.09 Å². The maximum Gasteiger partial charge on any atom is 0.409 e. The van der Waals surface area contributed by atoms with Gasteiger partial charge in [0.2, 0.25) is 0 Å². The summed E-state index contributed by atoms with van der Waals surface area (Å²) in [6.07, 6.45) is 9.90. The van der Waals surface area contributed by atoms with Crippen LogP contribution in [0, 0.1) is 28.6 Å². The summed E-state index contributed by atoms with van der Waals surface area (Å²) in [5, 5.41) is 20.0. The van der Waals surface area contributed by atoms with Crippen LogP contribution < -0.4 is 22.9 Å². The summed E-state index contributed by atoms with van der Waals surface area (Å²) in [6.45, 7) is 8.65. The van der Waals surface area contributed by atoms with E-state index >= 15 is 0 Å². The van der Waals surface area contributed by atoms with Gasteiger partial charge in [-0.15, -0.1) is 0 Å². The van der Waals surface area contributed by atoms with E-state index in [-0.39, 0.29) is 52.9 Å². The average Bonchev–Trinajstić information content (AvgIpc) is 3.20. The van der Waals surface area contributed by atoms with E-state index < -0.39 is 16.6 Å². The predicted octanol–water partition coefficient (Wildman–Crippen LogP) is 2.59. The molecule has 9 atom stereocenters. The van der Waals surface area contributed by atoms with Crippen LogP contribution >= 0.6 is 0 Å². The number of hydrogen-bond acceptors (Lipinski definition) is 8. The van der Waals surface area contributed by atoms with Crippen molar-refractivity contribution in [2.75, 3.05) is 26.3 Å². The number of nitrogens with two attached hydrogens (primary N) is 4. The first-order chi connectivity index (χ1) is 18.7. The topological polar surface area (TPSA) is 174 Å². The summed E-state index contributed by atoms with van der Waals surface area (Å²) in [5.74, 6) is 0.684. The monoisotopic (exact) mass is 563 g/mol. The Morgan fingerprint density at radius 2 is 1.65 bits per heavy atom. The van der Waals surface area contributed by atoms with Crippen LogP contribution in [0.4, 0.5) is 4.79 Å². The number of rotatable bonds is 6. The van der Waals surface area contributed by atoms with Gasteiger partial charge < -0.3 is 42.8 Å². The number of hydrogen-bond donors (Lipinski definition) is 6. The van der Waals surface area contributed by atoms with Crippen molar-refractivity contribution in [3.8, 4) is 0 Å². The van der Waals surface area contributed by atoms with Gasteiger partial charge in [-0.25, -0.2) is 4.79 Å². The fraction of sp³-hybridized carbons (Fsp3) is 0.968. The number of piperidine rings is 1. The standard InChI is InChI=1S/C31H57N5O4/c1-4-22-18-30(34)24-7-12-28(32,10-5-17-40-25(39)36-15-8-21(20-37)9-16-36)26(24,2)13-14-31(30,35)27(3)11-6-23(38)19-29(22,27)33/h21-24,37-38H,4-20,32-35H2,1-3H3/t22-,23+,24?,26?,27?,28+,29?,30?,31-/m0/s1. The number of amides is 1. The van der Waals surface area contributed by atoms with Gasteiger partial charge in [-0.2, -0.15) is 0 Å². The molecule has 9 heteroatoms. The molecule has 230 valence electrons. The predicted molar refractivity (Wildman–Crippen MR) is 156 cm³/mol. The lowest BCUT2D eigenvalue weighted by Crippen LogP contribution is -2.89. The largest absolute Gasteiger partial charge is 0.449 e. The SMILES string of the molecule is CC[C@H]1CC2(N)C3CC[C@](N)(CCCOC(=O)N4CCC(CO)CC4)C3(C)CC[C@]2(N)C2(C)CC[C@@H](O)CC12N. The van der Waals surface area contributed by atoms with Crippen LogP contribution in [0.1, 0.15) is 104 Å². The summed E-state index contributed by atoms with van der Waals surface area (Å²) >= 11 is 0. The summed E-state index contributed by atoms with van der Waals surface area (Å²) in [4.78, 5) is 14.4. The van der Waals surface area contributed by atoms with E-state index in [0.717, 1.165) is 77.0 Å². The number of fused-ring (bicyclic) bond motifs is 5. The zero-order chi connectivity index (χ0) is 29.2. The molecule has 1 aliphatic heterocycles. The molecule has 10 N–H and O–H groups in total. The Morgan fingerprint density at radius 3 is 2.30 bits per heavy atom. The minimum Gasteiger partial charge on any atom is -0.449 e. The third kappa shape index (κ3) is 4.12. The number of aliphatic hydroxyl groups is 2. The molecule has 0 aromatic rings. The molecule has 40 heavy (non-hydrogen) atoms. The maximum atomic E-state index is 12.6. The van der Waals surface area contributed by atoms with E-state index in [1.165, 1.54) is 0 Å². The molecule has 1 saturated heterocycles. The van der Waals surface area contributed by atoms with Gasteiger partial charge in [-0.1, -0.05) is 27.2 Å². The average molecular weight is 564 g/mol. The van der Waals surface area contributed by atoms with E-state index in [4.69, 9.17) is 27.7 Å². The molecule has 0 spiro atoms. The van der Waals surface area contributed by atoms with Crippen molar-refractivity contribution in [2.24, 2.45) is 51.5 Å². The smallest absolute Gasteiger partial charge is 0.409 e. The van der Waals surface area contributed by atoms with E-state index in [1.54, 1.807) is 4.90 Å². The summed E-state index contributed by atoms with van der Waals surface area (Å²) in [5.41, 5.74) is 27.2. The highest BCUT2D eigenvalue weighted by atomic mass is 16.6. The van der Waals surface area contributed by atoms with Crippen LogP contribution in [0.5, 0.6) is 0 Å². The number of likely N-dealkylation sites (tertiary alicyclic amines) is 1. The van der Waals surface area contributed by atoms with Gasteiger partial charge in [0.15, 0.2) is 0 Å². The minimum atomic E-state index is -0.616. The van der Waals surface area contributed by atoms with Crippen molar-refractivity contribution in [1.82, 2.24) is 4.90 Å². The third-order valence-corrected chi connectivity index (χ3v) is 13.8. The van der Waals surface area contributed by atoms with Crippen molar-refractivity contribution >= 4 is 6.09 Å². The molecular formula is C31H57N5O4. The molecule has 0 aromatic heterocycles. The Labute approximate surface area is 241 Å². The Kier molecular flexibility index (Phi) is 7.88. The second kappa shape index (κ2) is 10.3. The van der Waals surface area contributed by atoms with Crippen LogP contribution in [0.15, 0.2) is 0 Å². The van der Waals surface area contributed by atoms with Gasteiger partial charge in [0.05, 0.1) is 12.7 Å². The molecule has 9 nitrogen and oxygen atoms in total. The van der Waals surface area contributed by atoms with Gasteiger partial charge in [-0.3, -0.25) is 0 Å².